The summed E-state index contributed by atoms with van der Waals surface area (Å²) in [5.74, 6) is -1.84. The molecule has 3 aromatic heterocycles. The van der Waals surface area contributed by atoms with Crippen LogP contribution in [0.4, 0.5) is 19.3 Å². The van der Waals surface area contributed by atoms with Gasteiger partial charge in [-0.05, 0) is 63.7 Å². The molecule has 0 bridgehead atoms. The fourth-order valence-electron chi connectivity index (χ4n) is 5.39. The number of nitrogens with one attached hydrogen (secondary N) is 2. The number of likely N-dealkylation sites (tertiary alicyclic amines) is 1. The molecular weight excluding hydrogens is 612 g/mol. The standard InChI is InChI=1S/C30H29F2N5O7S/c1-5-41-26(39)25-24-15(11-33-25)22(23-18(34-24)12-37(13-19(23)38)29(40)44-30(2,3)4)20-8-9-21(43-20)45-28-35-16-7-6-14(42-27(31)32)10-17(16)36-28/h6-11,22-23,27,33H,5,12-13H2,1-4H3,(H,35,36). The quantitative estimate of drug-likeness (QED) is 0.229. The van der Waals surface area contributed by atoms with Crippen LogP contribution in [0, 0.1) is 5.92 Å². The third-order valence-corrected chi connectivity index (χ3v) is 7.91. The number of aliphatic imine (C=N–C) groups is 1. The fourth-order valence-corrected chi connectivity index (χ4v) is 6.16. The van der Waals surface area contributed by atoms with Crippen molar-refractivity contribution in [3.63, 3.8) is 0 Å². The van der Waals surface area contributed by atoms with Gasteiger partial charge >= 0.3 is 18.7 Å². The smallest absolute Gasteiger partial charge is 0.411 e. The minimum atomic E-state index is -2.95. The molecule has 236 valence electrons. The van der Waals surface area contributed by atoms with E-state index in [9.17, 15) is 23.2 Å². The van der Waals surface area contributed by atoms with Gasteiger partial charge in [0, 0.05) is 23.5 Å². The van der Waals surface area contributed by atoms with Crippen LogP contribution in [0.3, 0.4) is 0 Å². The average Bonchev–Trinajstić information content (AvgIpc) is 3.69. The number of aromatic nitrogens is 3. The number of amides is 1. The van der Waals surface area contributed by atoms with Crippen LogP contribution in [0.15, 0.2) is 56.2 Å². The highest BCUT2D eigenvalue weighted by molar-refractivity contribution is 7.99. The summed E-state index contributed by atoms with van der Waals surface area (Å²) >= 11 is 1.17. The molecule has 2 atom stereocenters. The van der Waals surface area contributed by atoms with Crippen LogP contribution >= 0.6 is 11.8 Å². The number of ether oxygens (including phenoxy) is 3. The number of nitrogens with zero attached hydrogens (tertiary/aromatic N) is 3. The number of furan rings is 1. The maximum absolute atomic E-state index is 13.7. The van der Waals surface area contributed by atoms with Crippen molar-refractivity contribution in [3.05, 3.63) is 53.5 Å². The molecule has 45 heavy (non-hydrogen) atoms. The Kier molecular flexibility index (Phi) is 7.89. The van der Waals surface area contributed by atoms with Crippen LogP contribution in [0.2, 0.25) is 0 Å². The fraction of sp³-hybridized carbons (Fsp3) is 0.367. The molecular formula is C30H29F2N5O7S. The van der Waals surface area contributed by atoms with E-state index in [4.69, 9.17) is 18.9 Å². The zero-order chi connectivity index (χ0) is 32.0. The first-order chi connectivity index (χ1) is 21.4. The Morgan fingerprint density at radius 1 is 1.18 bits per heavy atom. The lowest BCUT2D eigenvalue weighted by molar-refractivity contribution is -0.123. The second-order valence-electron chi connectivity index (χ2n) is 11.4. The molecule has 2 unspecified atom stereocenters. The molecule has 0 radical (unpaired) electrons. The van der Waals surface area contributed by atoms with E-state index in [0.29, 0.717) is 44.0 Å². The van der Waals surface area contributed by atoms with Crippen molar-refractivity contribution in [1.82, 2.24) is 19.9 Å². The van der Waals surface area contributed by atoms with E-state index >= 15 is 0 Å². The van der Waals surface area contributed by atoms with Crippen LogP contribution in [-0.4, -0.2) is 75.3 Å². The highest BCUT2D eigenvalue weighted by Gasteiger charge is 2.47. The van der Waals surface area contributed by atoms with E-state index in [1.807, 2.05) is 0 Å². The van der Waals surface area contributed by atoms with Gasteiger partial charge < -0.3 is 28.6 Å². The number of hydrogen-bond donors (Lipinski definition) is 2. The Bertz CT molecular complexity index is 1820. The van der Waals surface area contributed by atoms with Crippen LogP contribution in [0.1, 0.15) is 55.4 Å². The van der Waals surface area contributed by atoms with Crippen molar-refractivity contribution in [2.45, 2.75) is 56.1 Å². The highest BCUT2D eigenvalue weighted by Crippen LogP contribution is 2.47. The number of carbonyl (C=O) groups is 3. The van der Waals surface area contributed by atoms with E-state index < -0.39 is 36.1 Å². The molecule has 6 rings (SSSR count). The number of ketones is 1. The van der Waals surface area contributed by atoms with E-state index in [0.717, 1.165) is 0 Å². The van der Waals surface area contributed by atoms with Gasteiger partial charge in [-0.25, -0.2) is 14.6 Å². The van der Waals surface area contributed by atoms with Crippen molar-refractivity contribution >= 4 is 52.0 Å². The van der Waals surface area contributed by atoms with Crippen molar-refractivity contribution in [3.8, 4) is 5.75 Å². The predicted molar refractivity (Wildman–Crippen MR) is 158 cm³/mol. The van der Waals surface area contributed by atoms with E-state index in [2.05, 4.69) is 19.7 Å². The molecule has 1 saturated heterocycles. The monoisotopic (exact) mass is 641 g/mol. The summed E-state index contributed by atoms with van der Waals surface area (Å²) in [5.41, 5.74) is 1.70. The number of aromatic amines is 2. The summed E-state index contributed by atoms with van der Waals surface area (Å²) in [5, 5.41) is 0.887. The Labute approximate surface area is 259 Å². The molecule has 1 amide bonds. The minimum absolute atomic E-state index is 0.000343. The molecule has 1 fully saturated rings. The summed E-state index contributed by atoms with van der Waals surface area (Å²) in [7, 11) is 0. The van der Waals surface area contributed by atoms with E-state index in [1.165, 1.54) is 28.8 Å². The third-order valence-electron chi connectivity index (χ3n) is 7.11. The minimum Gasteiger partial charge on any atom is -0.461 e. The topological polar surface area (TPSA) is 152 Å². The number of imidazole rings is 1. The first kappa shape index (κ1) is 30.4. The van der Waals surface area contributed by atoms with Crippen LogP contribution in [-0.2, 0) is 14.3 Å². The number of Topliss-reactive ketones (excluding diaryl/α,β-unsaturated/α-hetero) is 1. The molecule has 2 aliphatic heterocycles. The molecule has 1 aromatic carbocycles. The summed E-state index contributed by atoms with van der Waals surface area (Å²) in [6, 6.07) is 7.86. The van der Waals surface area contributed by atoms with Gasteiger partial charge in [0.15, 0.2) is 21.7 Å². The number of esters is 1. The van der Waals surface area contributed by atoms with Gasteiger partial charge in [-0.2, -0.15) is 8.78 Å². The molecule has 4 aromatic rings. The van der Waals surface area contributed by atoms with Crippen molar-refractivity contribution in [2.75, 3.05) is 19.7 Å². The second-order valence-corrected chi connectivity index (χ2v) is 12.4. The summed E-state index contributed by atoms with van der Waals surface area (Å²) in [6.07, 6.45) is 0.975. The number of carbonyl (C=O) groups excluding carboxylic acids is 3. The van der Waals surface area contributed by atoms with Gasteiger partial charge in [0.25, 0.3) is 0 Å². The number of rotatable bonds is 7. The average molecular weight is 642 g/mol. The molecule has 2 N–H and O–H groups in total. The number of hydrogen-bond acceptors (Lipinski definition) is 10. The number of fused-ring (bicyclic) bond motifs is 3. The Morgan fingerprint density at radius 2 is 1.98 bits per heavy atom. The van der Waals surface area contributed by atoms with Crippen LogP contribution in [0.5, 0.6) is 5.75 Å². The molecule has 0 saturated carbocycles. The Hall–Kier alpha value is -4.66. The van der Waals surface area contributed by atoms with Crippen molar-refractivity contribution < 1.29 is 41.8 Å². The molecule has 0 aliphatic carbocycles. The molecule has 5 heterocycles. The lowest BCUT2D eigenvalue weighted by Crippen LogP contribution is -2.53. The summed E-state index contributed by atoms with van der Waals surface area (Å²) < 4.78 is 46.7. The maximum atomic E-state index is 13.7. The largest absolute Gasteiger partial charge is 0.461 e. The molecule has 2 aliphatic rings. The van der Waals surface area contributed by atoms with Crippen LogP contribution < -0.4 is 4.74 Å². The SMILES string of the molecule is CCOC(=O)c1[nH]cc2c1N=C1CN(C(=O)OC(C)(C)C)CC(=O)C1C2c1ccc(Sc2nc3ccc(OC(F)F)cc3[nH]2)o1. The zero-order valence-electron chi connectivity index (χ0n) is 24.7. The van der Waals surface area contributed by atoms with Gasteiger partial charge in [-0.1, -0.05) is 0 Å². The van der Waals surface area contributed by atoms with Gasteiger partial charge in [-0.3, -0.25) is 14.7 Å². The molecule has 12 nitrogen and oxygen atoms in total. The van der Waals surface area contributed by atoms with Gasteiger partial charge in [0.1, 0.15) is 17.1 Å². The van der Waals surface area contributed by atoms with Crippen LogP contribution in [0.25, 0.3) is 11.0 Å². The van der Waals surface area contributed by atoms with Gasteiger partial charge in [0.05, 0.1) is 48.3 Å². The second kappa shape index (κ2) is 11.7. The van der Waals surface area contributed by atoms with E-state index in [1.54, 1.807) is 52.1 Å². The number of benzene rings is 1. The number of alkyl halides is 2. The van der Waals surface area contributed by atoms with E-state index in [-0.39, 0.29) is 36.9 Å². The normalized spacial score (nSPS) is 18.1. The Balaban J connectivity index is 1.32. The lowest BCUT2D eigenvalue weighted by atomic mass is 9.75. The predicted octanol–water partition coefficient (Wildman–Crippen LogP) is 6.07. The van der Waals surface area contributed by atoms with Gasteiger partial charge in [-0.15, -0.1) is 0 Å². The number of piperidine rings is 1. The summed E-state index contributed by atoms with van der Waals surface area (Å²) in [4.78, 5) is 55.8. The first-order valence-electron chi connectivity index (χ1n) is 14.1. The number of halogens is 2. The lowest BCUT2D eigenvalue weighted by Gasteiger charge is -2.38. The highest BCUT2D eigenvalue weighted by atomic mass is 32.2. The Morgan fingerprint density at radius 3 is 2.71 bits per heavy atom. The van der Waals surface area contributed by atoms with Crippen molar-refractivity contribution in [2.24, 2.45) is 10.9 Å². The maximum Gasteiger partial charge on any atom is 0.411 e. The van der Waals surface area contributed by atoms with Crippen molar-refractivity contribution in [1.29, 1.82) is 0 Å². The summed E-state index contributed by atoms with van der Waals surface area (Å²) in [6.45, 7) is 3.95. The zero-order valence-corrected chi connectivity index (χ0v) is 25.5. The first-order valence-corrected chi connectivity index (χ1v) is 14.9. The molecule has 15 heteroatoms. The number of H-pyrrole nitrogens is 2. The molecule has 0 spiro atoms. The third kappa shape index (κ3) is 6.16. The van der Waals surface area contributed by atoms with Gasteiger partial charge in [0.2, 0.25) is 0 Å².